The van der Waals surface area contributed by atoms with Gasteiger partial charge < -0.3 is 49.3 Å². The Morgan fingerprint density at radius 3 is 2.35 bits per heavy atom. The zero-order chi connectivity index (χ0) is 26.9. The number of ether oxygens (including phenoxy) is 3. The van der Waals surface area contributed by atoms with Crippen LogP contribution < -0.4 is 10.2 Å². The summed E-state index contributed by atoms with van der Waals surface area (Å²) in [7, 11) is 0. The second-order valence-corrected chi connectivity index (χ2v) is 8.23. The van der Waals surface area contributed by atoms with Crippen molar-refractivity contribution in [2.75, 3.05) is 6.61 Å². The van der Waals surface area contributed by atoms with E-state index in [4.69, 9.17) is 23.7 Å². The van der Waals surface area contributed by atoms with E-state index in [2.05, 4.69) is 0 Å². The van der Waals surface area contributed by atoms with Crippen molar-refractivity contribution in [2.45, 2.75) is 37.1 Å². The normalized spacial score (nSPS) is 23.5. The number of benzene rings is 2. The molecule has 0 unspecified atom stereocenters. The van der Waals surface area contributed by atoms with Gasteiger partial charge >= 0.3 is 11.9 Å². The number of carbonyl (C=O) groups excluding carboxylic acids is 1. The van der Waals surface area contributed by atoms with Gasteiger partial charge in [0, 0.05) is 12.1 Å². The van der Waals surface area contributed by atoms with E-state index < -0.39 is 66.9 Å². The number of aromatic hydroxyl groups is 2. The molecule has 13 nitrogen and oxygen atoms in total. The minimum absolute atomic E-state index is 0.00369. The van der Waals surface area contributed by atoms with Gasteiger partial charge in [0.1, 0.15) is 71.9 Å². The van der Waals surface area contributed by atoms with Crippen LogP contribution in [-0.4, -0.2) is 79.9 Å². The SMILES string of the molecule is O=C(O)CC(=O)OC[C@@H]1O[C@@H](Oc2cc(O)c3c(=O)c(-c4ccc(O)cc4)coc3c2)[C@H](O)[C@@H](O)[C@@H]1O. The van der Waals surface area contributed by atoms with Crippen molar-refractivity contribution < 1.29 is 58.9 Å². The maximum Gasteiger partial charge on any atom is 0.317 e. The molecule has 196 valence electrons. The van der Waals surface area contributed by atoms with Crippen LogP contribution in [0.1, 0.15) is 6.42 Å². The average molecular weight is 518 g/mol. The van der Waals surface area contributed by atoms with Crippen LogP contribution in [0.25, 0.3) is 22.1 Å². The van der Waals surface area contributed by atoms with Crippen LogP contribution in [0.3, 0.4) is 0 Å². The number of aliphatic hydroxyl groups excluding tert-OH is 3. The van der Waals surface area contributed by atoms with Crippen molar-refractivity contribution in [1.29, 1.82) is 0 Å². The standard InChI is InChI=1S/C24H22O13/c25-11-3-1-10(2-4-11)13-8-34-15-6-12(5-14(26)19(15)20(13)30)36-24-23(33)22(32)21(31)16(37-24)9-35-18(29)7-17(27)28/h1-6,8,16,21-26,31-33H,7,9H2,(H,27,28)/t16-,21+,22-,23+,24+/m0/s1. The van der Waals surface area contributed by atoms with Crippen molar-refractivity contribution >= 4 is 22.9 Å². The fourth-order valence-electron chi connectivity index (χ4n) is 3.75. The number of hydrogen-bond donors (Lipinski definition) is 6. The highest BCUT2D eigenvalue weighted by Crippen LogP contribution is 2.33. The van der Waals surface area contributed by atoms with Crippen LogP contribution in [0.15, 0.2) is 51.9 Å². The van der Waals surface area contributed by atoms with E-state index in [0.29, 0.717) is 5.56 Å². The molecule has 13 heteroatoms. The summed E-state index contributed by atoms with van der Waals surface area (Å²) >= 11 is 0. The fourth-order valence-corrected chi connectivity index (χ4v) is 3.75. The molecular formula is C24H22O13. The quantitative estimate of drug-likeness (QED) is 0.181. The van der Waals surface area contributed by atoms with Gasteiger partial charge in [-0.25, -0.2) is 0 Å². The Hall–Kier alpha value is -4.17. The first-order valence-electron chi connectivity index (χ1n) is 10.9. The smallest absolute Gasteiger partial charge is 0.317 e. The zero-order valence-electron chi connectivity index (χ0n) is 18.9. The van der Waals surface area contributed by atoms with Gasteiger partial charge in [-0.2, -0.15) is 0 Å². The summed E-state index contributed by atoms with van der Waals surface area (Å²) in [4.78, 5) is 35.0. The van der Waals surface area contributed by atoms with Crippen molar-refractivity contribution in [3.05, 3.63) is 52.9 Å². The lowest BCUT2D eigenvalue weighted by molar-refractivity contribution is -0.278. The van der Waals surface area contributed by atoms with Gasteiger partial charge in [0.2, 0.25) is 11.7 Å². The summed E-state index contributed by atoms with van der Waals surface area (Å²) in [5.74, 6) is -3.19. The Balaban J connectivity index is 1.56. The van der Waals surface area contributed by atoms with Gasteiger partial charge in [0.25, 0.3) is 0 Å². The van der Waals surface area contributed by atoms with Gasteiger partial charge in [-0.3, -0.25) is 14.4 Å². The largest absolute Gasteiger partial charge is 0.508 e. The predicted molar refractivity (Wildman–Crippen MR) is 122 cm³/mol. The van der Waals surface area contributed by atoms with E-state index in [1.807, 2.05) is 0 Å². The number of hydrogen-bond acceptors (Lipinski definition) is 12. The summed E-state index contributed by atoms with van der Waals surface area (Å²) < 4.78 is 21.2. The molecular weight excluding hydrogens is 496 g/mol. The first kappa shape index (κ1) is 25.9. The Labute approximate surface area is 207 Å². The summed E-state index contributed by atoms with van der Waals surface area (Å²) in [6.45, 7) is -0.644. The van der Waals surface area contributed by atoms with Crippen LogP contribution >= 0.6 is 0 Å². The molecule has 5 atom stereocenters. The van der Waals surface area contributed by atoms with Gasteiger partial charge in [0.15, 0.2) is 0 Å². The van der Waals surface area contributed by atoms with E-state index in [1.54, 1.807) is 0 Å². The number of phenols is 2. The molecule has 1 fully saturated rings. The predicted octanol–water partition coefficient (Wildman–Crippen LogP) is 0.0755. The molecule has 2 aromatic carbocycles. The number of esters is 1. The highest BCUT2D eigenvalue weighted by molar-refractivity contribution is 5.90. The molecule has 1 aromatic heterocycles. The van der Waals surface area contributed by atoms with Crippen LogP contribution in [-0.2, 0) is 19.1 Å². The maximum absolute atomic E-state index is 13.0. The molecule has 0 amide bonds. The van der Waals surface area contributed by atoms with E-state index in [9.17, 15) is 39.9 Å². The highest BCUT2D eigenvalue weighted by Gasteiger charge is 2.45. The van der Waals surface area contributed by atoms with E-state index in [0.717, 1.165) is 12.3 Å². The molecule has 6 N–H and O–H groups in total. The first-order chi connectivity index (χ1) is 17.5. The van der Waals surface area contributed by atoms with Crippen molar-refractivity contribution in [2.24, 2.45) is 0 Å². The lowest BCUT2D eigenvalue weighted by Gasteiger charge is -2.39. The molecule has 1 aliphatic rings. The minimum atomic E-state index is -1.79. The molecule has 0 aliphatic carbocycles. The van der Waals surface area contributed by atoms with Gasteiger partial charge in [-0.15, -0.1) is 0 Å². The molecule has 1 saturated heterocycles. The van der Waals surface area contributed by atoms with Crippen LogP contribution in [0.2, 0.25) is 0 Å². The molecule has 0 spiro atoms. The van der Waals surface area contributed by atoms with Gasteiger partial charge in [0.05, 0.1) is 5.56 Å². The first-order valence-corrected chi connectivity index (χ1v) is 10.9. The number of phenolic OH excluding ortho intramolecular Hbond substituents is 2. The lowest BCUT2D eigenvalue weighted by Crippen LogP contribution is -2.60. The van der Waals surface area contributed by atoms with Crippen molar-refractivity contribution in [3.8, 4) is 28.4 Å². The lowest BCUT2D eigenvalue weighted by atomic mass is 9.99. The van der Waals surface area contributed by atoms with E-state index in [-0.39, 0.29) is 28.0 Å². The van der Waals surface area contributed by atoms with Gasteiger partial charge in [-0.1, -0.05) is 12.1 Å². The van der Waals surface area contributed by atoms with E-state index in [1.165, 1.54) is 30.3 Å². The zero-order valence-corrected chi connectivity index (χ0v) is 18.9. The number of carboxylic acid groups (broad SMARTS) is 1. The third kappa shape index (κ3) is 5.49. The summed E-state index contributed by atoms with van der Waals surface area (Å²) in [6, 6.07) is 8.05. The fraction of sp³-hybridized carbons (Fsp3) is 0.292. The van der Waals surface area contributed by atoms with Gasteiger partial charge in [-0.05, 0) is 17.7 Å². The molecule has 0 bridgehead atoms. The molecule has 0 radical (unpaired) electrons. The van der Waals surface area contributed by atoms with Crippen LogP contribution in [0.5, 0.6) is 17.2 Å². The topological polar surface area (TPSA) is 213 Å². The number of aliphatic hydroxyl groups is 3. The van der Waals surface area contributed by atoms with Crippen molar-refractivity contribution in [1.82, 2.24) is 0 Å². The number of aliphatic carboxylic acids is 1. The number of carbonyl (C=O) groups is 2. The number of carboxylic acids is 1. The Morgan fingerprint density at radius 2 is 1.68 bits per heavy atom. The van der Waals surface area contributed by atoms with Crippen LogP contribution in [0, 0.1) is 0 Å². The van der Waals surface area contributed by atoms with E-state index >= 15 is 0 Å². The Morgan fingerprint density at radius 1 is 0.973 bits per heavy atom. The number of fused-ring (bicyclic) bond motifs is 1. The van der Waals surface area contributed by atoms with Crippen LogP contribution in [0.4, 0.5) is 0 Å². The maximum atomic E-state index is 13.0. The Kier molecular flexibility index (Phi) is 7.31. The molecule has 37 heavy (non-hydrogen) atoms. The molecule has 3 aromatic rings. The summed E-state index contributed by atoms with van der Waals surface area (Å²) in [5.41, 5.74) is -0.0752. The Bertz CT molecular complexity index is 1360. The average Bonchev–Trinajstić information content (AvgIpc) is 2.84. The third-order valence-electron chi connectivity index (χ3n) is 5.63. The molecule has 1 aliphatic heterocycles. The molecule has 2 heterocycles. The summed E-state index contributed by atoms with van der Waals surface area (Å²) in [6.07, 6.45) is -8.04. The summed E-state index contributed by atoms with van der Waals surface area (Å²) in [5, 5.41) is 59.0. The monoisotopic (exact) mass is 518 g/mol. The molecule has 4 rings (SSSR count). The highest BCUT2D eigenvalue weighted by atomic mass is 16.7. The molecule has 0 saturated carbocycles. The second kappa shape index (κ2) is 10.4. The minimum Gasteiger partial charge on any atom is -0.508 e. The van der Waals surface area contributed by atoms with Crippen molar-refractivity contribution in [3.63, 3.8) is 0 Å². The second-order valence-electron chi connectivity index (χ2n) is 8.23. The third-order valence-corrected chi connectivity index (χ3v) is 5.63. The number of rotatable bonds is 7.